The summed E-state index contributed by atoms with van der Waals surface area (Å²) in [5.41, 5.74) is -0.0938. The molecule has 1 heterocycles. The van der Waals surface area contributed by atoms with Gasteiger partial charge in [0.15, 0.2) is 0 Å². The lowest BCUT2D eigenvalue weighted by Crippen LogP contribution is -2.63. The van der Waals surface area contributed by atoms with Crippen molar-refractivity contribution in [3.63, 3.8) is 0 Å². The van der Waals surface area contributed by atoms with E-state index < -0.39 is 8.56 Å². The molecule has 1 rings (SSSR count). The summed E-state index contributed by atoms with van der Waals surface area (Å²) < 4.78 is 13.0. The van der Waals surface area contributed by atoms with Crippen LogP contribution >= 0.6 is 0 Å². The van der Waals surface area contributed by atoms with Crippen molar-refractivity contribution in [1.29, 1.82) is 0 Å². The van der Waals surface area contributed by atoms with Crippen LogP contribution in [0.1, 0.15) is 54.4 Å². The second-order valence-electron chi connectivity index (χ2n) is 8.07. The third-order valence-electron chi connectivity index (χ3n) is 4.19. The van der Waals surface area contributed by atoms with Crippen molar-refractivity contribution in [1.82, 2.24) is 0 Å². The maximum absolute atomic E-state index is 6.49. The zero-order valence-corrected chi connectivity index (χ0v) is 15.0. The molecule has 0 unspecified atom stereocenters. The van der Waals surface area contributed by atoms with Crippen LogP contribution in [0.4, 0.5) is 0 Å². The Kier molecular flexibility index (Phi) is 4.96. The molecule has 114 valence electrons. The van der Waals surface area contributed by atoms with Gasteiger partial charge in [-0.3, -0.25) is 0 Å². The van der Waals surface area contributed by atoms with E-state index in [0.29, 0.717) is 19.6 Å². The molecule has 0 atom stereocenters. The summed E-state index contributed by atoms with van der Waals surface area (Å²) in [6, 6.07) is 0. The van der Waals surface area contributed by atoms with Crippen LogP contribution in [0, 0.1) is 17.8 Å². The van der Waals surface area contributed by atoms with E-state index in [1.165, 1.54) is 0 Å². The maximum atomic E-state index is 6.49. The SMILES string of the molecule is C#CCC1(CC=C)CO[Si](C(C)(C)C)(C(C)(C)C)OC1. The molecule has 1 aliphatic rings. The van der Waals surface area contributed by atoms with Gasteiger partial charge in [-0.2, -0.15) is 0 Å². The standard InChI is InChI=1S/C17H30O2Si/c1-9-11-17(12-10-2)13-18-20(19-14-17,15(3,4)5)16(6,7)8/h1,10H,2,11-14H2,3-8H3. The molecule has 0 aromatic carbocycles. The number of rotatable bonds is 3. The molecule has 1 saturated heterocycles. The summed E-state index contributed by atoms with van der Waals surface area (Å²) in [4.78, 5) is 0. The van der Waals surface area contributed by atoms with Crippen LogP contribution in [0.5, 0.6) is 0 Å². The summed E-state index contributed by atoms with van der Waals surface area (Å²) >= 11 is 0. The number of allylic oxidation sites excluding steroid dienone is 1. The van der Waals surface area contributed by atoms with Crippen LogP contribution in [0.25, 0.3) is 0 Å². The van der Waals surface area contributed by atoms with Gasteiger partial charge in [0.2, 0.25) is 0 Å². The fraction of sp³-hybridized carbons (Fsp3) is 0.765. The Morgan fingerprint density at radius 1 is 1.15 bits per heavy atom. The van der Waals surface area contributed by atoms with Gasteiger partial charge in [-0.1, -0.05) is 47.6 Å². The van der Waals surface area contributed by atoms with Crippen molar-refractivity contribution in [3.05, 3.63) is 12.7 Å². The topological polar surface area (TPSA) is 18.5 Å². The van der Waals surface area contributed by atoms with Gasteiger partial charge >= 0.3 is 8.56 Å². The lowest BCUT2D eigenvalue weighted by Gasteiger charge is -2.54. The monoisotopic (exact) mass is 294 g/mol. The Bertz CT molecular complexity index is 369. The van der Waals surface area contributed by atoms with Crippen molar-refractivity contribution < 1.29 is 8.85 Å². The fourth-order valence-electron chi connectivity index (χ4n) is 3.40. The van der Waals surface area contributed by atoms with Crippen LogP contribution in [0.2, 0.25) is 10.1 Å². The van der Waals surface area contributed by atoms with E-state index in [2.05, 4.69) is 54.0 Å². The van der Waals surface area contributed by atoms with Crippen molar-refractivity contribution in [2.24, 2.45) is 5.41 Å². The summed E-state index contributed by atoms with van der Waals surface area (Å²) in [5.74, 6) is 2.78. The fourth-order valence-corrected chi connectivity index (χ4v) is 8.48. The molecule has 1 fully saturated rings. The average molecular weight is 295 g/mol. The van der Waals surface area contributed by atoms with E-state index in [0.717, 1.165) is 6.42 Å². The minimum absolute atomic E-state index is 0.0295. The molecule has 0 saturated carbocycles. The molecule has 0 radical (unpaired) electrons. The van der Waals surface area contributed by atoms with E-state index in [-0.39, 0.29) is 15.5 Å². The van der Waals surface area contributed by atoms with Crippen LogP contribution in [-0.4, -0.2) is 21.8 Å². The Morgan fingerprint density at radius 3 is 1.90 bits per heavy atom. The predicted octanol–water partition coefficient (Wildman–Crippen LogP) is 4.66. The molecule has 0 aliphatic carbocycles. The highest BCUT2D eigenvalue weighted by molar-refractivity contribution is 6.73. The summed E-state index contributed by atoms with van der Waals surface area (Å²) in [5, 5.41) is 0.0590. The normalized spacial score (nSPS) is 22.1. The van der Waals surface area contributed by atoms with E-state index in [1.807, 2.05) is 6.08 Å². The molecule has 20 heavy (non-hydrogen) atoms. The van der Waals surface area contributed by atoms with Crippen LogP contribution in [0.3, 0.4) is 0 Å². The molecule has 0 amide bonds. The summed E-state index contributed by atoms with van der Waals surface area (Å²) in [6.07, 6.45) is 8.97. The van der Waals surface area contributed by atoms with Crippen LogP contribution in [-0.2, 0) is 8.85 Å². The largest absolute Gasteiger partial charge is 0.393 e. The van der Waals surface area contributed by atoms with Crippen molar-refractivity contribution in [3.8, 4) is 12.3 Å². The van der Waals surface area contributed by atoms with Crippen molar-refractivity contribution in [2.75, 3.05) is 13.2 Å². The third-order valence-corrected chi connectivity index (χ3v) is 9.24. The van der Waals surface area contributed by atoms with E-state index in [1.54, 1.807) is 0 Å². The number of terminal acetylenes is 1. The number of hydrogen-bond acceptors (Lipinski definition) is 2. The molecule has 2 nitrogen and oxygen atoms in total. The molecule has 0 aromatic heterocycles. The Balaban J connectivity index is 3.05. The minimum Gasteiger partial charge on any atom is -0.393 e. The first kappa shape index (κ1) is 17.5. The zero-order chi connectivity index (χ0) is 15.7. The van der Waals surface area contributed by atoms with Gasteiger partial charge in [0.25, 0.3) is 0 Å². The molecule has 0 N–H and O–H groups in total. The van der Waals surface area contributed by atoms with Gasteiger partial charge in [0, 0.05) is 35.1 Å². The Hall–Kier alpha value is -0.563. The van der Waals surface area contributed by atoms with Gasteiger partial charge in [0.1, 0.15) is 0 Å². The molecule has 0 spiro atoms. The predicted molar refractivity (Wildman–Crippen MR) is 87.8 cm³/mol. The van der Waals surface area contributed by atoms with Crippen LogP contribution in [0.15, 0.2) is 12.7 Å². The first-order chi connectivity index (χ1) is 9.04. The van der Waals surface area contributed by atoms with Crippen LogP contribution < -0.4 is 0 Å². The first-order valence-corrected chi connectivity index (χ1v) is 9.18. The quantitative estimate of drug-likeness (QED) is 0.428. The zero-order valence-electron chi connectivity index (χ0n) is 14.0. The molecule has 1 aliphatic heterocycles. The van der Waals surface area contributed by atoms with Gasteiger partial charge in [-0.15, -0.1) is 18.9 Å². The first-order valence-electron chi connectivity index (χ1n) is 7.36. The molecular formula is C17H30O2Si. The molecule has 0 bridgehead atoms. The second kappa shape index (κ2) is 5.67. The second-order valence-corrected chi connectivity index (χ2v) is 12.9. The smallest absolute Gasteiger partial charge is 0.349 e. The van der Waals surface area contributed by atoms with E-state index in [4.69, 9.17) is 15.3 Å². The van der Waals surface area contributed by atoms with Gasteiger partial charge in [0.05, 0.1) is 0 Å². The highest BCUT2D eigenvalue weighted by atomic mass is 28.4. The lowest BCUT2D eigenvalue weighted by atomic mass is 9.83. The third kappa shape index (κ3) is 3.03. The molecule has 0 aromatic rings. The van der Waals surface area contributed by atoms with Gasteiger partial charge < -0.3 is 8.85 Å². The minimum atomic E-state index is -2.34. The maximum Gasteiger partial charge on any atom is 0.349 e. The Labute approximate surface area is 126 Å². The van der Waals surface area contributed by atoms with Crippen molar-refractivity contribution >= 4 is 8.56 Å². The Morgan fingerprint density at radius 2 is 1.60 bits per heavy atom. The number of hydrogen-bond donors (Lipinski definition) is 0. The highest BCUT2D eigenvalue weighted by Crippen LogP contribution is 2.55. The van der Waals surface area contributed by atoms with E-state index >= 15 is 0 Å². The molecule has 3 heteroatoms. The summed E-state index contributed by atoms with van der Waals surface area (Å²) in [6.45, 7) is 18.6. The highest BCUT2D eigenvalue weighted by Gasteiger charge is 2.61. The van der Waals surface area contributed by atoms with Gasteiger partial charge in [-0.25, -0.2) is 0 Å². The van der Waals surface area contributed by atoms with Gasteiger partial charge in [-0.05, 0) is 6.42 Å². The lowest BCUT2D eigenvalue weighted by molar-refractivity contribution is -0.0249. The van der Waals surface area contributed by atoms with Crippen molar-refractivity contribution in [2.45, 2.75) is 64.5 Å². The summed E-state index contributed by atoms with van der Waals surface area (Å²) in [7, 11) is -2.34. The van der Waals surface area contributed by atoms with E-state index in [9.17, 15) is 0 Å². The average Bonchev–Trinajstić information content (AvgIpc) is 2.27. The molecular weight excluding hydrogens is 264 g/mol.